The first-order valence-corrected chi connectivity index (χ1v) is 7.45. The highest BCUT2D eigenvalue weighted by molar-refractivity contribution is 7.92. The number of hydrogen-bond donors (Lipinski definition) is 1. The highest BCUT2D eigenvalue weighted by Gasteiger charge is 2.08. The zero-order valence-electron chi connectivity index (χ0n) is 10.7. The molecule has 0 aromatic heterocycles. The summed E-state index contributed by atoms with van der Waals surface area (Å²) in [5.41, 5.74) is 0.512. The lowest BCUT2D eigenvalue weighted by molar-refractivity contribution is 0.146. The average Bonchev–Trinajstić information content (AvgIpc) is 2.29. The summed E-state index contributed by atoms with van der Waals surface area (Å²) in [6.07, 6.45) is 0.583. The van der Waals surface area contributed by atoms with Gasteiger partial charge in [0.2, 0.25) is 10.0 Å². The maximum Gasteiger partial charge on any atom is 0.232 e. The molecule has 1 N–H and O–H groups in total. The van der Waals surface area contributed by atoms with Crippen molar-refractivity contribution in [3.8, 4) is 5.75 Å². The summed E-state index contributed by atoms with van der Waals surface area (Å²) in [5, 5.41) is 0. The van der Waals surface area contributed by atoms with E-state index in [1.807, 2.05) is 6.92 Å². The number of benzene rings is 1. The summed E-state index contributed by atoms with van der Waals surface area (Å²) in [6.45, 7) is 2.75. The number of rotatable bonds is 8. The third kappa shape index (κ3) is 5.37. The van der Waals surface area contributed by atoms with Gasteiger partial charge in [0.25, 0.3) is 0 Å². The average molecular weight is 273 g/mol. The number of hydrogen-bond acceptors (Lipinski definition) is 4. The molecule has 5 nitrogen and oxygen atoms in total. The first kappa shape index (κ1) is 14.8. The monoisotopic (exact) mass is 273 g/mol. The lowest BCUT2D eigenvalue weighted by Crippen LogP contribution is -2.16. The van der Waals surface area contributed by atoms with Crippen LogP contribution < -0.4 is 9.46 Å². The Morgan fingerprint density at radius 3 is 2.72 bits per heavy atom. The first-order valence-electron chi connectivity index (χ1n) is 5.79. The highest BCUT2D eigenvalue weighted by atomic mass is 32.2. The largest absolute Gasteiger partial charge is 0.491 e. The number of ether oxygens (including phenoxy) is 2. The van der Waals surface area contributed by atoms with Crippen LogP contribution in [0.25, 0.3) is 0 Å². The lowest BCUT2D eigenvalue weighted by atomic mass is 10.3. The van der Waals surface area contributed by atoms with E-state index in [4.69, 9.17) is 9.47 Å². The van der Waals surface area contributed by atoms with Crippen molar-refractivity contribution in [2.45, 2.75) is 13.3 Å². The van der Waals surface area contributed by atoms with Crippen molar-refractivity contribution >= 4 is 15.7 Å². The molecule has 0 bridgehead atoms. The standard InChI is InChI=1S/C12H19NO4S/c1-3-9-18(14,15)13-11-5-4-6-12(10-11)17-8-7-16-2/h4-6,10,13H,3,7-9H2,1-2H3. The molecule has 0 aliphatic rings. The minimum atomic E-state index is -3.26. The van der Waals surface area contributed by atoms with Crippen LogP contribution in [-0.2, 0) is 14.8 Å². The van der Waals surface area contributed by atoms with Crippen molar-refractivity contribution in [2.75, 3.05) is 30.8 Å². The Bertz CT molecular complexity index is 459. The van der Waals surface area contributed by atoms with E-state index in [9.17, 15) is 8.42 Å². The van der Waals surface area contributed by atoms with Gasteiger partial charge in [-0.3, -0.25) is 4.72 Å². The summed E-state index contributed by atoms with van der Waals surface area (Å²) in [4.78, 5) is 0. The summed E-state index contributed by atoms with van der Waals surface area (Å²) < 4.78 is 36.0. The fourth-order valence-electron chi connectivity index (χ4n) is 1.39. The minimum absolute atomic E-state index is 0.113. The van der Waals surface area contributed by atoms with Crippen LogP contribution in [0.15, 0.2) is 24.3 Å². The third-order valence-electron chi connectivity index (χ3n) is 2.14. The molecule has 6 heteroatoms. The maximum absolute atomic E-state index is 11.6. The van der Waals surface area contributed by atoms with Crippen LogP contribution in [0.4, 0.5) is 5.69 Å². The molecule has 0 saturated carbocycles. The predicted molar refractivity (Wildman–Crippen MR) is 71.5 cm³/mol. The Morgan fingerprint density at radius 2 is 2.06 bits per heavy atom. The van der Waals surface area contributed by atoms with Gasteiger partial charge in [-0.25, -0.2) is 8.42 Å². The normalized spacial score (nSPS) is 11.2. The van der Waals surface area contributed by atoms with Crippen molar-refractivity contribution in [1.29, 1.82) is 0 Å². The fourth-order valence-corrected chi connectivity index (χ4v) is 2.52. The predicted octanol–water partition coefficient (Wildman–Crippen LogP) is 1.86. The van der Waals surface area contributed by atoms with Gasteiger partial charge in [-0.05, 0) is 18.6 Å². The van der Waals surface area contributed by atoms with Gasteiger partial charge in [0, 0.05) is 13.2 Å². The second-order valence-corrected chi connectivity index (χ2v) is 5.63. The summed E-state index contributed by atoms with van der Waals surface area (Å²) >= 11 is 0. The third-order valence-corrected chi connectivity index (χ3v) is 3.63. The molecule has 0 aliphatic carbocycles. The SMILES string of the molecule is CCCS(=O)(=O)Nc1cccc(OCCOC)c1. The van der Waals surface area contributed by atoms with Gasteiger partial charge < -0.3 is 9.47 Å². The van der Waals surface area contributed by atoms with E-state index in [2.05, 4.69) is 4.72 Å². The number of sulfonamides is 1. The molecule has 1 aromatic carbocycles. The van der Waals surface area contributed by atoms with Gasteiger partial charge >= 0.3 is 0 Å². The summed E-state index contributed by atoms with van der Waals surface area (Å²) in [6, 6.07) is 6.86. The Balaban J connectivity index is 2.64. The molecule has 0 aliphatic heterocycles. The van der Waals surface area contributed by atoms with Crippen LogP contribution in [-0.4, -0.2) is 34.5 Å². The second kappa shape index (κ2) is 7.23. The van der Waals surface area contributed by atoms with Crippen molar-refractivity contribution in [3.63, 3.8) is 0 Å². The van der Waals surface area contributed by atoms with Crippen LogP contribution in [0.5, 0.6) is 5.75 Å². The summed E-state index contributed by atoms with van der Waals surface area (Å²) in [7, 11) is -1.66. The Hall–Kier alpha value is -1.27. The molecule has 1 rings (SSSR count). The van der Waals surface area contributed by atoms with Gasteiger partial charge in [0.05, 0.1) is 18.0 Å². The number of anilines is 1. The van der Waals surface area contributed by atoms with E-state index in [0.29, 0.717) is 31.1 Å². The van der Waals surface area contributed by atoms with Crippen LogP contribution in [0.1, 0.15) is 13.3 Å². The molecule has 0 fully saturated rings. The lowest BCUT2D eigenvalue weighted by Gasteiger charge is -2.09. The summed E-state index contributed by atoms with van der Waals surface area (Å²) in [5.74, 6) is 0.727. The van der Waals surface area contributed by atoms with E-state index >= 15 is 0 Å². The van der Waals surface area contributed by atoms with Gasteiger partial charge in [-0.1, -0.05) is 13.0 Å². The molecule has 18 heavy (non-hydrogen) atoms. The Morgan fingerprint density at radius 1 is 1.28 bits per heavy atom. The molecule has 0 spiro atoms. The van der Waals surface area contributed by atoms with Gasteiger partial charge in [-0.15, -0.1) is 0 Å². The molecule has 0 unspecified atom stereocenters. The molecule has 0 amide bonds. The van der Waals surface area contributed by atoms with E-state index < -0.39 is 10.0 Å². The number of nitrogens with one attached hydrogen (secondary N) is 1. The van der Waals surface area contributed by atoms with Crippen molar-refractivity contribution in [2.24, 2.45) is 0 Å². The van der Waals surface area contributed by atoms with Crippen molar-refractivity contribution < 1.29 is 17.9 Å². The van der Waals surface area contributed by atoms with Gasteiger partial charge in [-0.2, -0.15) is 0 Å². The minimum Gasteiger partial charge on any atom is -0.491 e. The van der Waals surface area contributed by atoms with Gasteiger partial charge in [0.1, 0.15) is 12.4 Å². The van der Waals surface area contributed by atoms with E-state index in [1.54, 1.807) is 31.4 Å². The maximum atomic E-state index is 11.6. The zero-order chi connectivity index (χ0) is 13.4. The van der Waals surface area contributed by atoms with E-state index in [1.165, 1.54) is 0 Å². The highest BCUT2D eigenvalue weighted by Crippen LogP contribution is 2.18. The molecule has 0 atom stereocenters. The topological polar surface area (TPSA) is 64.6 Å². The zero-order valence-corrected chi connectivity index (χ0v) is 11.5. The molecule has 102 valence electrons. The van der Waals surface area contributed by atoms with Crippen LogP contribution in [0, 0.1) is 0 Å². The molecular weight excluding hydrogens is 254 g/mol. The molecule has 0 saturated heterocycles. The van der Waals surface area contributed by atoms with E-state index in [0.717, 1.165) is 0 Å². The Labute approximate surface area is 108 Å². The quantitative estimate of drug-likeness (QED) is 0.734. The van der Waals surface area contributed by atoms with Gasteiger partial charge in [0.15, 0.2) is 0 Å². The van der Waals surface area contributed by atoms with Crippen molar-refractivity contribution in [1.82, 2.24) is 0 Å². The smallest absolute Gasteiger partial charge is 0.232 e. The van der Waals surface area contributed by atoms with Crippen molar-refractivity contribution in [3.05, 3.63) is 24.3 Å². The molecular formula is C12H19NO4S. The van der Waals surface area contributed by atoms with Crippen LogP contribution in [0.2, 0.25) is 0 Å². The Kier molecular flexibility index (Phi) is 5.94. The second-order valence-electron chi connectivity index (χ2n) is 3.79. The first-order chi connectivity index (χ1) is 8.57. The number of methoxy groups -OCH3 is 1. The molecule has 0 heterocycles. The van der Waals surface area contributed by atoms with Crippen LogP contribution in [0.3, 0.4) is 0 Å². The molecule has 1 aromatic rings. The van der Waals surface area contributed by atoms with Crippen LogP contribution >= 0.6 is 0 Å². The fraction of sp³-hybridized carbons (Fsp3) is 0.500. The van der Waals surface area contributed by atoms with E-state index in [-0.39, 0.29) is 5.75 Å². The molecule has 0 radical (unpaired) electrons.